The minimum atomic E-state index is 0.810. The number of hydrogen-bond acceptors (Lipinski definition) is 3. The van der Waals surface area contributed by atoms with Gasteiger partial charge in [0.1, 0.15) is 0 Å². The summed E-state index contributed by atoms with van der Waals surface area (Å²) in [6.07, 6.45) is 44.5. The third-order valence-corrected chi connectivity index (χ3v) is 9.45. The summed E-state index contributed by atoms with van der Waals surface area (Å²) in [6, 6.07) is 10.8. The second-order valence-corrected chi connectivity index (χ2v) is 14.2. The normalized spacial score (nSPS) is 12.0. The molecule has 48 heavy (non-hydrogen) atoms. The van der Waals surface area contributed by atoms with E-state index in [1.165, 1.54) is 173 Å². The van der Waals surface area contributed by atoms with Crippen molar-refractivity contribution in [3.05, 3.63) is 60.2 Å². The summed E-state index contributed by atoms with van der Waals surface area (Å²) in [6.45, 7) is 10.9. The maximum atomic E-state index is 6.06. The Hall–Kier alpha value is -1.42. The van der Waals surface area contributed by atoms with Crippen LogP contribution in [0, 0.1) is 0 Å². The van der Waals surface area contributed by atoms with Gasteiger partial charge in [-0.3, -0.25) is 4.90 Å². The van der Waals surface area contributed by atoms with Gasteiger partial charge >= 0.3 is 0 Å². The number of benzene rings is 1. The number of ether oxygens (including phenoxy) is 2. The van der Waals surface area contributed by atoms with Crippen molar-refractivity contribution in [2.24, 2.45) is 0 Å². The number of allylic oxidation sites excluding steroid dienone is 4. The highest BCUT2D eigenvalue weighted by Crippen LogP contribution is 2.11. The van der Waals surface area contributed by atoms with Gasteiger partial charge in [0.05, 0.1) is 13.2 Å². The SMILES string of the molecule is CCCCCCCC/C=C\CCCCCCCOCCN(CCOCCCCCCC/C=C\CCCCCCCC)Cc1ccccc1. The highest BCUT2D eigenvalue weighted by atomic mass is 16.5. The Balaban J connectivity index is 1.99. The van der Waals surface area contributed by atoms with E-state index in [0.717, 1.165) is 46.1 Å². The Kier molecular flexibility index (Phi) is 35.7. The molecule has 0 saturated carbocycles. The van der Waals surface area contributed by atoms with Crippen molar-refractivity contribution in [2.75, 3.05) is 39.5 Å². The standard InChI is InChI=1S/C45H81NO2/c1-3-5-7-9-11-13-15-17-19-21-23-25-27-29-34-40-47-42-38-46(44-45-36-32-31-33-37-45)39-43-48-41-35-30-28-26-24-22-20-18-16-14-12-10-8-6-4-2/h17-20,31-33,36-37H,3-16,21-30,34-35,38-44H2,1-2H3/b19-17-,20-18-. The van der Waals surface area contributed by atoms with Gasteiger partial charge in [-0.15, -0.1) is 0 Å². The van der Waals surface area contributed by atoms with E-state index in [0.29, 0.717) is 0 Å². The topological polar surface area (TPSA) is 21.7 Å². The number of hydrogen-bond donors (Lipinski definition) is 0. The monoisotopic (exact) mass is 668 g/mol. The van der Waals surface area contributed by atoms with Crippen molar-refractivity contribution in [3.8, 4) is 0 Å². The Morgan fingerprint density at radius 3 is 1.17 bits per heavy atom. The largest absolute Gasteiger partial charge is 0.380 e. The molecule has 0 N–H and O–H groups in total. The lowest BCUT2D eigenvalue weighted by atomic mass is 10.1. The molecule has 0 aliphatic rings. The van der Waals surface area contributed by atoms with Crippen LogP contribution in [0.4, 0.5) is 0 Å². The molecule has 0 spiro atoms. The Morgan fingerprint density at radius 1 is 0.417 bits per heavy atom. The van der Waals surface area contributed by atoms with Crippen molar-refractivity contribution < 1.29 is 9.47 Å². The number of rotatable bonds is 38. The van der Waals surface area contributed by atoms with E-state index in [2.05, 4.69) is 73.4 Å². The summed E-state index contributed by atoms with van der Waals surface area (Å²) in [5.41, 5.74) is 1.37. The first-order valence-corrected chi connectivity index (χ1v) is 21.1. The van der Waals surface area contributed by atoms with Gasteiger partial charge in [-0.05, 0) is 69.8 Å². The predicted octanol–water partition coefficient (Wildman–Crippen LogP) is 13.8. The van der Waals surface area contributed by atoms with Gasteiger partial charge in [0.2, 0.25) is 0 Å². The second kappa shape index (κ2) is 38.4. The van der Waals surface area contributed by atoms with E-state index < -0.39 is 0 Å². The molecule has 0 atom stereocenters. The Bertz CT molecular complexity index is 745. The van der Waals surface area contributed by atoms with Gasteiger partial charge < -0.3 is 9.47 Å². The molecule has 0 saturated heterocycles. The first-order valence-electron chi connectivity index (χ1n) is 21.1. The molecule has 0 amide bonds. The molecular formula is C45H81NO2. The molecule has 1 aromatic carbocycles. The molecule has 0 unspecified atom stereocenters. The highest BCUT2D eigenvalue weighted by Gasteiger charge is 2.06. The van der Waals surface area contributed by atoms with Crippen molar-refractivity contribution in [2.45, 2.75) is 187 Å². The van der Waals surface area contributed by atoms with E-state index in [1.807, 2.05) is 0 Å². The lowest BCUT2D eigenvalue weighted by Crippen LogP contribution is -2.31. The Labute approximate surface area is 300 Å². The summed E-state index contributed by atoms with van der Waals surface area (Å²) in [4.78, 5) is 2.50. The zero-order valence-electron chi connectivity index (χ0n) is 32.3. The quantitative estimate of drug-likeness (QED) is 0.0517. The van der Waals surface area contributed by atoms with Crippen LogP contribution in [0.1, 0.15) is 186 Å². The molecule has 0 radical (unpaired) electrons. The fourth-order valence-corrected chi connectivity index (χ4v) is 6.25. The molecule has 3 heteroatoms. The maximum Gasteiger partial charge on any atom is 0.0593 e. The van der Waals surface area contributed by atoms with E-state index in [4.69, 9.17) is 9.47 Å². The summed E-state index contributed by atoms with van der Waals surface area (Å²) in [7, 11) is 0. The fourth-order valence-electron chi connectivity index (χ4n) is 6.25. The first-order chi connectivity index (χ1) is 23.9. The summed E-state index contributed by atoms with van der Waals surface area (Å²) in [5.74, 6) is 0. The van der Waals surface area contributed by atoms with Gasteiger partial charge in [0.25, 0.3) is 0 Å². The highest BCUT2D eigenvalue weighted by molar-refractivity contribution is 5.14. The third kappa shape index (κ3) is 33.1. The van der Waals surface area contributed by atoms with Crippen LogP contribution in [0.2, 0.25) is 0 Å². The van der Waals surface area contributed by atoms with Gasteiger partial charge in [-0.2, -0.15) is 0 Å². The average molecular weight is 668 g/mol. The van der Waals surface area contributed by atoms with Crippen LogP contribution in [0.3, 0.4) is 0 Å². The second-order valence-electron chi connectivity index (χ2n) is 14.2. The van der Waals surface area contributed by atoms with Gasteiger partial charge in [-0.1, -0.05) is 171 Å². The van der Waals surface area contributed by atoms with Gasteiger partial charge in [-0.25, -0.2) is 0 Å². The molecule has 3 nitrogen and oxygen atoms in total. The zero-order valence-corrected chi connectivity index (χ0v) is 32.3. The molecule has 0 bridgehead atoms. The van der Waals surface area contributed by atoms with Gasteiger partial charge in [0, 0.05) is 32.8 Å². The first kappa shape index (κ1) is 44.6. The maximum absolute atomic E-state index is 6.06. The molecule has 1 rings (SSSR count). The fraction of sp³-hybridized carbons (Fsp3) is 0.778. The van der Waals surface area contributed by atoms with Crippen LogP contribution in [-0.4, -0.2) is 44.4 Å². The summed E-state index contributed by atoms with van der Waals surface area (Å²) >= 11 is 0. The van der Waals surface area contributed by atoms with Crippen molar-refractivity contribution in [3.63, 3.8) is 0 Å². The zero-order chi connectivity index (χ0) is 34.3. The lowest BCUT2D eigenvalue weighted by Gasteiger charge is -2.22. The van der Waals surface area contributed by atoms with E-state index in [9.17, 15) is 0 Å². The van der Waals surface area contributed by atoms with Crippen LogP contribution < -0.4 is 0 Å². The van der Waals surface area contributed by atoms with Crippen LogP contribution in [0.25, 0.3) is 0 Å². The van der Waals surface area contributed by atoms with E-state index >= 15 is 0 Å². The number of nitrogens with zero attached hydrogens (tertiary/aromatic N) is 1. The minimum absolute atomic E-state index is 0.810. The minimum Gasteiger partial charge on any atom is -0.380 e. The molecule has 1 aromatic rings. The van der Waals surface area contributed by atoms with E-state index in [1.54, 1.807) is 0 Å². The van der Waals surface area contributed by atoms with Crippen LogP contribution >= 0.6 is 0 Å². The molecule has 0 fully saturated rings. The predicted molar refractivity (Wildman–Crippen MR) is 213 cm³/mol. The van der Waals surface area contributed by atoms with Crippen molar-refractivity contribution in [1.29, 1.82) is 0 Å². The molecule has 0 aliphatic carbocycles. The van der Waals surface area contributed by atoms with Gasteiger partial charge in [0.15, 0.2) is 0 Å². The third-order valence-electron chi connectivity index (χ3n) is 9.45. The molecular weight excluding hydrogens is 587 g/mol. The van der Waals surface area contributed by atoms with E-state index in [-0.39, 0.29) is 0 Å². The van der Waals surface area contributed by atoms with Crippen molar-refractivity contribution in [1.82, 2.24) is 4.90 Å². The Morgan fingerprint density at radius 2 is 0.771 bits per heavy atom. The molecule has 0 heterocycles. The lowest BCUT2D eigenvalue weighted by molar-refractivity contribution is 0.0692. The summed E-state index contributed by atoms with van der Waals surface area (Å²) in [5, 5.41) is 0. The van der Waals surface area contributed by atoms with Crippen LogP contribution in [0.15, 0.2) is 54.6 Å². The van der Waals surface area contributed by atoms with Crippen LogP contribution in [-0.2, 0) is 16.0 Å². The molecule has 0 aromatic heterocycles. The smallest absolute Gasteiger partial charge is 0.0593 e. The van der Waals surface area contributed by atoms with Crippen molar-refractivity contribution >= 4 is 0 Å². The molecule has 0 aliphatic heterocycles. The number of unbranched alkanes of at least 4 members (excludes halogenated alkanes) is 22. The summed E-state index contributed by atoms with van der Waals surface area (Å²) < 4.78 is 12.1. The molecule has 278 valence electrons. The van der Waals surface area contributed by atoms with Crippen LogP contribution in [0.5, 0.6) is 0 Å². The average Bonchev–Trinajstić information content (AvgIpc) is 3.10.